The fourth-order valence-corrected chi connectivity index (χ4v) is 9.29. The van der Waals surface area contributed by atoms with Crippen molar-refractivity contribution in [3.63, 3.8) is 0 Å². The molecule has 0 saturated carbocycles. The smallest absolute Gasteiger partial charge is 0.238 e. The molecule has 0 aliphatic heterocycles. The van der Waals surface area contributed by atoms with Crippen molar-refractivity contribution in [1.29, 1.82) is 0 Å². The molecule has 4 aromatic heterocycles. The van der Waals surface area contributed by atoms with Gasteiger partial charge in [0.1, 0.15) is 5.58 Å². The van der Waals surface area contributed by atoms with Gasteiger partial charge in [-0.3, -0.25) is 4.57 Å². The molecule has 59 heavy (non-hydrogen) atoms. The molecule has 13 aromatic rings. The summed E-state index contributed by atoms with van der Waals surface area (Å²) in [6.07, 6.45) is 0. The van der Waals surface area contributed by atoms with E-state index < -0.39 is 0 Å². The van der Waals surface area contributed by atoms with Crippen LogP contribution in [0.3, 0.4) is 0 Å². The molecule has 4 heterocycles. The lowest BCUT2D eigenvalue weighted by Crippen LogP contribution is -2.06. The monoisotopic (exact) mass is 753 g/mol. The third kappa shape index (κ3) is 4.71. The molecule has 0 aliphatic rings. The molecular weight excluding hydrogens is 723 g/mol. The lowest BCUT2D eigenvalue weighted by molar-refractivity contribution is 0.666. The maximum absolute atomic E-state index is 6.64. The molecule has 0 atom stereocenters. The zero-order chi connectivity index (χ0) is 38.6. The fraction of sp³-hybridized carbons (Fsp3) is 0. The first kappa shape index (κ1) is 32.0. The topological polar surface area (TPSA) is 61.7 Å². The minimum Gasteiger partial charge on any atom is -0.454 e. The Hall–Kier alpha value is -8.09. The van der Waals surface area contributed by atoms with Gasteiger partial charge in [-0.15, -0.1) is 0 Å². The van der Waals surface area contributed by atoms with Gasteiger partial charge in [-0.05, 0) is 70.4 Å². The molecule has 0 radical (unpaired) electrons. The van der Waals surface area contributed by atoms with Gasteiger partial charge < -0.3 is 8.98 Å². The lowest BCUT2D eigenvalue weighted by Gasteiger charge is -2.12. The van der Waals surface area contributed by atoms with E-state index in [1.807, 2.05) is 66.7 Å². The van der Waals surface area contributed by atoms with Crippen LogP contribution in [0.1, 0.15) is 0 Å². The molecule has 0 spiro atoms. The van der Waals surface area contributed by atoms with Crippen molar-refractivity contribution >= 4 is 76.3 Å². The maximum atomic E-state index is 6.64. The predicted molar refractivity (Wildman–Crippen MR) is 241 cm³/mol. The Balaban J connectivity index is 1.05. The van der Waals surface area contributed by atoms with Gasteiger partial charge in [0.2, 0.25) is 5.95 Å². The highest BCUT2D eigenvalue weighted by Gasteiger charge is 2.22. The van der Waals surface area contributed by atoms with Crippen LogP contribution in [0.4, 0.5) is 0 Å². The number of hydrogen-bond donors (Lipinski definition) is 0. The molecule has 6 nitrogen and oxygen atoms in total. The van der Waals surface area contributed by atoms with Gasteiger partial charge in [0.25, 0.3) is 0 Å². The van der Waals surface area contributed by atoms with Crippen LogP contribution in [0.25, 0.3) is 122 Å². The minimum absolute atomic E-state index is 0.577. The van der Waals surface area contributed by atoms with E-state index in [1.54, 1.807) is 0 Å². The number of nitrogens with zero attached hydrogens (tertiary/aromatic N) is 5. The quantitative estimate of drug-likeness (QED) is 0.164. The van der Waals surface area contributed by atoms with Gasteiger partial charge in [-0.1, -0.05) is 140 Å². The second-order valence-electron chi connectivity index (χ2n) is 15.2. The fourth-order valence-electron chi connectivity index (χ4n) is 9.29. The Bertz CT molecular complexity index is 3730. The van der Waals surface area contributed by atoms with Crippen molar-refractivity contribution in [2.24, 2.45) is 0 Å². The highest BCUT2D eigenvalue weighted by molar-refractivity contribution is 6.25. The zero-order valence-corrected chi connectivity index (χ0v) is 31.5. The molecule has 0 unspecified atom stereocenters. The summed E-state index contributed by atoms with van der Waals surface area (Å²) in [5.41, 5.74) is 11.3. The Morgan fingerprint density at radius 3 is 1.81 bits per heavy atom. The van der Waals surface area contributed by atoms with Gasteiger partial charge in [-0.25, -0.2) is 4.98 Å². The number of fused-ring (bicyclic) bond motifs is 6. The Morgan fingerprint density at radius 2 is 1.00 bits per heavy atom. The standard InChI is InChI=1S/C53H31N5O/c1-3-13-33(14-4-1)51-54-52(34-15-5-2-6-16-34)56-53(55-51)58-42-21-9-7-18-38(42)41-30-35(27-28-43(41)58)37-29-36-26-25-32-17-11-22-44-48(32)49(36)46(31-37)57(44)45-23-12-20-40-39-19-8-10-24-47(39)59-50(40)45/h1-31H. The van der Waals surface area contributed by atoms with Gasteiger partial charge in [-0.2, -0.15) is 9.97 Å². The summed E-state index contributed by atoms with van der Waals surface area (Å²) in [4.78, 5) is 15.2. The lowest BCUT2D eigenvalue weighted by atomic mass is 9.96. The summed E-state index contributed by atoms with van der Waals surface area (Å²) < 4.78 is 11.2. The van der Waals surface area contributed by atoms with E-state index in [-0.39, 0.29) is 0 Å². The summed E-state index contributed by atoms with van der Waals surface area (Å²) in [5.74, 6) is 1.83. The molecule has 274 valence electrons. The van der Waals surface area contributed by atoms with E-state index in [0.29, 0.717) is 17.6 Å². The molecule has 0 bridgehead atoms. The molecule has 0 N–H and O–H groups in total. The van der Waals surface area contributed by atoms with Gasteiger partial charge in [0, 0.05) is 43.4 Å². The second-order valence-corrected chi connectivity index (χ2v) is 15.2. The average molecular weight is 754 g/mol. The number of rotatable bonds is 5. The summed E-state index contributed by atoms with van der Waals surface area (Å²) in [7, 11) is 0. The molecule has 9 aromatic carbocycles. The van der Waals surface area contributed by atoms with E-state index in [0.717, 1.165) is 82.7 Å². The van der Waals surface area contributed by atoms with Crippen LogP contribution >= 0.6 is 0 Å². The van der Waals surface area contributed by atoms with E-state index in [2.05, 4.69) is 130 Å². The third-order valence-electron chi connectivity index (χ3n) is 11.9. The first-order valence-corrected chi connectivity index (χ1v) is 19.9. The highest BCUT2D eigenvalue weighted by Crippen LogP contribution is 2.44. The van der Waals surface area contributed by atoms with Crippen molar-refractivity contribution < 1.29 is 4.42 Å². The van der Waals surface area contributed by atoms with Crippen molar-refractivity contribution in [2.75, 3.05) is 0 Å². The van der Waals surface area contributed by atoms with Crippen LogP contribution in [0.2, 0.25) is 0 Å². The number of aromatic nitrogens is 5. The Morgan fingerprint density at radius 1 is 0.356 bits per heavy atom. The summed E-state index contributed by atoms with van der Waals surface area (Å²) in [6, 6.07) is 66.2. The number of para-hydroxylation sites is 3. The van der Waals surface area contributed by atoms with Gasteiger partial charge in [0.15, 0.2) is 17.2 Å². The van der Waals surface area contributed by atoms with Crippen molar-refractivity contribution in [1.82, 2.24) is 24.1 Å². The minimum atomic E-state index is 0.577. The SMILES string of the molecule is c1ccc(-c2nc(-c3ccccc3)nc(-n3c4ccccc4c4cc(-c5cc6ccc7cccc8c7c6c(c5)n8-c5cccc6c5oc5ccccc56)ccc43)n2)cc1. The normalized spacial score (nSPS) is 12.1. The summed E-state index contributed by atoms with van der Waals surface area (Å²) >= 11 is 0. The maximum Gasteiger partial charge on any atom is 0.238 e. The summed E-state index contributed by atoms with van der Waals surface area (Å²) in [5, 5.41) is 9.43. The molecule has 0 aliphatic carbocycles. The highest BCUT2D eigenvalue weighted by atomic mass is 16.3. The second kappa shape index (κ2) is 12.2. The molecule has 6 heteroatoms. The van der Waals surface area contributed by atoms with Gasteiger partial charge >= 0.3 is 0 Å². The van der Waals surface area contributed by atoms with Crippen LogP contribution < -0.4 is 0 Å². The van der Waals surface area contributed by atoms with Crippen LogP contribution in [0.15, 0.2) is 192 Å². The van der Waals surface area contributed by atoms with Crippen molar-refractivity contribution in [3.8, 4) is 45.5 Å². The Kier molecular flexibility index (Phi) is 6.63. The molecule has 0 saturated heterocycles. The van der Waals surface area contributed by atoms with E-state index in [1.165, 1.54) is 21.5 Å². The zero-order valence-electron chi connectivity index (χ0n) is 31.5. The first-order valence-electron chi connectivity index (χ1n) is 19.9. The molecule has 13 rings (SSSR count). The summed E-state index contributed by atoms with van der Waals surface area (Å²) in [6.45, 7) is 0. The molecule has 0 fully saturated rings. The van der Waals surface area contributed by atoms with E-state index >= 15 is 0 Å². The van der Waals surface area contributed by atoms with Crippen LogP contribution in [0.5, 0.6) is 0 Å². The van der Waals surface area contributed by atoms with Crippen LogP contribution in [0, 0.1) is 0 Å². The van der Waals surface area contributed by atoms with Crippen LogP contribution in [-0.4, -0.2) is 24.1 Å². The number of furan rings is 1. The largest absolute Gasteiger partial charge is 0.454 e. The molecule has 0 amide bonds. The van der Waals surface area contributed by atoms with E-state index in [4.69, 9.17) is 19.4 Å². The number of benzene rings is 9. The van der Waals surface area contributed by atoms with Crippen molar-refractivity contribution in [2.45, 2.75) is 0 Å². The predicted octanol–water partition coefficient (Wildman–Crippen LogP) is 13.6. The number of hydrogen-bond acceptors (Lipinski definition) is 4. The van der Waals surface area contributed by atoms with Gasteiger partial charge in [0.05, 0.1) is 27.8 Å². The van der Waals surface area contributed by atoms with E-state index in [9.17, 15) is 0 Å². The Labute approximate surface area is 337 Å². The molecular formula is C53H31N5O. The van der Waals surface area contributed by atoms with Crippen LogP contribution in [-0.2, 0) is 0 Å². The third-order valence-corrected chi connectivity index (χ3v) is 11.9. The first-order chi connectivity index (χ1) is 29.2. The average Bonchev–Trinajstić information content (AvgIpc) is 3.97. The van der Waals surface area contributed by atoms with Crippen molar-refractivity contribution in [3.05, 3.63) is 188 Å².